The third-order valence-corrected chi connectivity index (χ3v) is 7.03. The second-order valence-corrected chi connectivity index (χ2v) is 8.91. The van der Waals surface area contributed by atoms with Crippen molar-refractivity contribution in [2.24, 2.45) is 5.92 Å². The largest absolute Gasteiger partial charge is 0.497 e. The summed E-state index contributed by atoms with van der Waals surface area (Å²) in [6.45, 7) is 2.49. The number of carbonyl (C=O) groups excluding carboxylic acids is 1. The van der Waals surface area contributed by atoms with Crippen LogP contribution in [0.5, 0.6) is 17.2 Å². The van der Waals surface area contributed by atoms with E-state index >= 15 is 0 Å². The number of carbonyl (C=O) groups is 1. The van der Waals surface area contributed by atoms with E-state index in [9.17, 15) is 4.79 Å². The van der Waals surface area contributed by atoms with Gasteiger partial charge in [0.15, 0.2) is 11.5 Å². The van der Waals surface area contributed by atoms with E-state index < -0.39 is 0 Å². The molecule has 35 heavy (non-hydrogen) atoms. The first-order chi connectivity index (χ1) is 17.1. The van der Waals surface area contributed by atoms with Crippen LogP contribution in [0.15, 0.2) is 66.7 Å². The number of nitrogens with zero attached hydrogens (tertiary/aromatic N) is 2. The Kier molecular flexibility index (Phi) is 6.40. The van der Waals surface area contributed by atoms with Gasteiger partial charge in [0.1, 0.15) is 5.75 Å². The number of ether oxygens (including phenoxy) is 3. The lowest BCUT2D eigenvalue weighted by atomic mass is 9.83. The fourth-order valence-corrected chi connectivity index (χ4v) is 5.23. The summed E-state index contributed by atoms with van der Waals surface area (Å²) < 4.78 is 16.3. The molecule has 0 spiro atoms. The molecule has 2 aliphatic rings. The summed E-state index contributed by atoms with van der Waals surface area (Å²) in [4.78, 5) is 18.5. The van der Waals surface area contributed by atoms with Crippen molar-refractivity contribution < 1.29 is 19.0 Å². The molecule has 1 fully saturated rings. The number of hydrogen-bond acceptors (Lipinski definition) is 6. The highest BCUT2D eigenvalue weighted by atomic mass is 16.5. The quantitative estimate of drug-likeness (QED) is 0.579. The van der Waals surface area contributed by atoms with Crippen LogP contribution in [0.2, 0.25) is 0 Å². The van der Waals surface area contributed by atoms with Crippen LogP contribution in [0, 0.1) is 5.92 Å². The summed E-state index contributed by atoms with van der Waals surface area (Å²) in [6, 6.07) is 22.1. The summed E-state index contributed by atoms with van der Waals surface area (Å²) in [5.41, 5.74) is 4.21. The van der Waals surface area contributed by atoms with Crippen LogP contribution < -0.4 is 29.3 Å². The Morgan fingerprint density at radius 2 is 1.69 bits per heavy atom. The van der Waals surface area contributed by atoms with E-state index in [1.165, 1.54) is 11.3 Å². The predicted octanol–water partition coefficient (Wildman–Crippen LogP) is 4.22. The molecule has 0 saturated carbocycles. The van der Waals surface area contributed by atoms with Crippen molar-refractivity contribution >= 4 is 23.0 Å². The molecule has 2 heterocycles. The van der Waals surface area contributed by atoms with E-state index in [0.717, 1.165) is 31.1 Å². The lowest BCUT2D eigenvalue weighted by molar-refractivity contribution is -0.120. The van der Waals surface area contributed by atoms with Crippen molar-refractivity contribution in [2.45, 2.75) is 12.5 Å². The van der Waals surface area contributed by atoms with Gasteiger partial charge in [-0.2, -0.15) is 0 Å². The third kappa shape index (κ3) is 4.46. The molecule has 0 radical (unpaired) electrons. The predicted molar refractivity (Wildman–Crippen MR) is 138 cm³/mol. The Balaban J connectivity index is 1.45. The van der Waals surface area contributed by atoms with Gasteiger partial charge in [0.05, 0.1) is 33.3 Å². The highest BCUT2D eigenvalue weighted by Gasteiger charge is 2.41. The molecule has 5 rings (SSSR count). The molecular weight excluding hydrogens is 442 g/mol. The molecule has 0 bridgehead atoms. The first-order valence-corrected chi connectivity index (χ1v) is 11.9. The molecule has 1 N–H and O–H groups in total. The molecule has 3 aromatic carbocycles. The molecule has 2 aliphatic heterocycles. The van der Waals surface area contributed by atoms with Crippen molar-refractivity contribution in [3.63, 3.8) is 0 Å². The Hall–Kier alpha value is -3.87. The topological polar surface area (TPSA) is 63.3 Å². The molecule has 1 amide bonds. The van der Waals surface area contributed by atoms with Gasteiger partial charge in [0, 0.05) is 48.8 Å². The first kappa shape index (κ1) is 22.9. The van der Waals surface area contributed by atoms with Crippen molar-refractivity contribution in [2.75, 3.05) is 56.1 Å². The van der Waals surface area contributed by atoms with Crippen LogP contribution in [-0.4, -0.2) is 52.9 Å². The number of piperazine rings is 1. The van der Waals surface area contributed by atoms with E-state index in [2.05, 4.69) is 51.5 Å². The van der Waals surface area contributed by atoms with E-state index in [0.29, 0.717) is 23.6 Å². The van der Waals surface area contributed by atoms with Crippen LogP contribution in [0.3, 0.4) is 0 Å². The Morgan fingerprint density at radius 3 is 2.43 bits per heavy atom. The number of rotatable bonds is 6. The number of nitrogens with one attached hydrogen (secondary N) is 1. The molecule has 1 saturated heterocycles. The molecule has 182 valence electrons. The number of benzene rings is 3. The zero-order valence-electron chi connectivity index (χ0n) is 20.4. The van der Waals surface area contributed by atoms with Crippen LogP contribution in [-0.2, 0) is 11.2 Å². The second kappa shape index (κ2) is 9.78. The smallest absolute Gasteiger partial charge is 0.229 e. The average molecular weight is 474 g/mol. The minimum Gasteiger partial charge on any atom is -0.497 e. The van der Waals surface area contributed by atoms with Gasteiger partial charge in [-0.05, 0) is 42.3 Å². The van der Waals surface area contributed by atoms with Crippen LogP contribution in [0.4, 0.5) is 17.1 Å². The molecule has 0 unspecified atom stereocenters. The summed E-state index contributed by atoms with van der Waals surface area (Å²) >= 11 is 0. The number of amides is 1. The van der Waals surface area contributed by atoms with Crippen LogP contribution in [0.1, 0.15) is 5.56 Å². The Bertz CT molecular complexity index is 1200. The molecule has 0 aliphatic carbocycles. The molecule has 0 aromatic heterocycles. The van der Waals surface area contributed by atoms with E-state index in [1.54, 1.807) is 33.5 Å². The highest BCUT2D eigenvalue weighted by molar-refractivity contribution is 5.94. The van der Waals surface area contributed by atoms with E-state index in [1.807, 2.05) is 18.2 Å². The van der Waals surface area contributed by atoms with Gasteiger partial charge < -0.3 is 29.3 Å². The molecular formula is C28H31N3O4. The summed E-state index contributed by atoms with van der Waals surface area (Å²) in [6.07, 6.45) is 0.669. The number of anilines is 3. The fourth-order valence-electron chi connectivity index (χ4n) is 5.23. The maximum atomic E-state index is 13.7. The highest BCUT2D eigenvalue weighted by Crippen LogP contribution is 2.39. The standard InChI is InChI=1S/C28H31N3O4/c1-33-22-11-9-19-15-23(28(32)29-20-10-12-26(34-2)27(16-20)35-3)25-18-30(21-7-5-4-6-8-21)13-14-31(25)24(19)17-22/h4-12,16-17,23,25H,13-15,18H2,1-3H3,(H,29,32)/t23-,25-/m0/s1. The number of hydrogen-bond donors (Lipinski definition) is 1. The maximum absolute atomic E-state index is 13.7. The maximum Gasteiger partial charge on any atom is 0.229 e. The Morgan fingerprint density at radius 1 is 0.886 bits per heavy atom. The number of para-hydroxylation sites is 1. The molecule has 2 atom stereocenters. The summed E-state index contributed by atoms with van der Waals surface area (Å²) in [7, 11) is 4.88. The van der Waals surface area contributed by atoms with Gasteiger partial charge >= 0.3 is 0 Å². The zero-order chi connectivity index (χ0) is 24.4. The number of fused-ring (bicyclic) bond motifs is 3. The summed E-state index contributed by atoms with van der Waals surface area (Å²) in [5.74, 6) is 1.84. The van der Waals surface area contributed by atoms with Gasteiger partial charge in [0.25, 0.3) is 0 Å². The lowest BCUT2D eigenvalue weighted by Crippen LogP contribution is -2.60. The van der Waals surface area contributed by atoms with Gasteiger partial charge in [0.2, 0.25) is 5.91 Å². The normalized spacial score (nSPS) is 18.8. The average Bonchev–Trinajstić information content (AvgIpc) is 2.92. The molecule has 3 aromatic rings. The molecule has 7 heteroatoms. The fraction of sp³-hybridized carbons (Fsp3) is 0.321. The van der Waals surface area contributed by atoms with Crippen LogP contribution in [0.25, 0.3) is 0 Å². The van der Waals surface area contributed by atoms with Gasteiger partial charge in [-0.1, -0.05) is 24.3 Å². The van der Waals surface area contributed by atoms with Gasteiger partial charge in [-0.15, -0.1) is 0 Å². The van der Waals surface area contributed by atoms with Crippen molar-refractivity contribution in [1.82, 2.24) is 0 Å². The minimum absolute atomic E-state index is 0.00333. The van der Waals surface area contributed by atoms with E-state index in [-0.39, 0.29) is 17.9 Å². The van der Waals surface area contributed by atoms with Gasteiger partial charge in [-0.3, -0.25) is 4.79 Å². The SMILES string of the molecule is COc1ccc2c(c1)N1CCN(c3ccccc3)C[C@H]1[C@@H](C(=O)Nc1ccc(OC)c(OC)c1)C2. The zero-order valence-corrected chi connectivity index (χ0v) is 20.4. The van der Waals surface area contributed by atoms with Crippen LogP contribution >= 0.6 is 0 Å². The lowest BCUT2D eigenvalue weighted by Gasteiger charge is -2.49. The first-order valence-electron chi connectivity index (χ1n) is 11.9. The van der Waals surface area contributed by atoms with Crippen molar-refractivity contribution in [3.05, 3.63) is 72.3 Å². The van der Waals surface area contributed by atoms with Crippen molar-refractivity contribution in [3.8, 4) is 17.2 Å². The third-order valence-electron chi connectivity index (χ3n) is 7.03. The monoisotopic (exact) mass is 473 g/mol. The molecule has 7 nitrogen and oxygen atoms in total. The number of methoxy groups -OCH3 is 3. The minimum atomic E-state index is -0.212. The van der Waals surface area contributed by atoms with Gasteiger partial charge in [-0.25, -0.2) is 0 Å². The second-order valence-electron chi connectivity index (χ2n) is 8.91. The van der Waals surface area contributed by atoms with Crippen molar-refractivity contribution in [1.29, 1.82) is 0 Å². The Labute approximate surface area is 206 Å². The van der Waals surface area contributed by atoms with E-state index in [4.69, 9.17) is 14.2 Å². The summed E-state index contributed by atoms with van der Waals surface area (Å²) in [5, 5.41) is 3.13.